The maximum atomic E-state index is 6.23. The number of imidazole rings is 1. The van der Waals surface area contributed by atoms with E-state index in [0.717, 1.165) is 47.9 Å². The van der Waals surface area contributed by atoms with Crippen molar-refractivity contribution in [2.24, 2.45) is 0 Å². The van der Waals surface area contributed by atoms with Crippen LogP contribution in [0.15, 0.2) is 42.4 Å². The van der Waals surface area contributed by atoms with E-state index in [1.165, 1.54) is 5.57 Å². The summed E-state index contributed by atoms with van der Waals surface area (Å²) >= 11 is 6.23. The molecule has 0 atom stereocenters. The highest BCUT2D eigenvalue weighted by Crippen LogP contribution is 2.26. The number of aromatic nitrogens is 2. The molecule has 0 aliphatic carbocycles. The number of rotatable bonds is 3. The molecular formula is C16H18ClN3. The molecule has 3 nitrogen and oxygen atoms in total. The molecule has 1 aromatic heterocycles. The molecule has 1 N–H and O–H groups in total. The SMILES string of the molecule is Cc1ccc(-c2cncn2CC2=CCNCC2)cc1Cl. The van der Waals surface area contributed by atoms with E-state index in [1.807, 2.05) is 25.5 Å². The standard InChI is InChI=1S/C16H18ClN3/c1-12-2-3-14(8-15(12)17)16-9-19-11-20(16)10-13-4-6-18-7-5-13/h2-4,8-9,11,18H,5-7,10H2,1H3. The predicted octanol–water partition coefficient (Wildman–Crippen LogP) is 3.43. The lowest BCUT2D eigenvalue weighted by Gasteiger charge is -2.16. The Morgan fingerprint density at radius 3 is 3.05 bits per heavy atom. The van der Waals surface area contributed by atoms with Crippen LogP contribution in [0.5, 0.6) is 0 Å². The normalized spacial score (nSPS) is 15.2. The summed E-state index contributed by atoms with van der Waals surface area (Å²) in [5.74, 6) is 0. The fourth-order valence-corrected chi connectivity index (χ4v) is 2.65. The molecule has 1 aromatic carbocycles. The van der Waals surface area contributed by atoms with Gasteiger partial charge < -0.3 is 9.88 Å². The van der Waals surface area contributed by atoms with Crippen LogP contribution in [-0.2, 0) is 6.54 Å². The first-order valence-electron chi connectivity index (χ1n) is 6.89. The van der Waals surface area contributed by atoms with Crippen molar-refractivity contribution in [3.05, 3.63) is 53.0 Å². The van der Waals surface area contributed by atoms with Crippen LogP contribution in [0, 0.1) is 6.92 Å². The minimum Gasteiger partial charge on any atom is -0.326 e. The van der Waals surface area contributed by atoms with Gasteiger partial charge in [0.15, 0.2) is 0 Å². The summed E-state index contributed by atoms with van der Waals surface area (Å²) in [5, 5.41) is 4.14. The lowest BCUT2D eigenvalue weighted by molar-refractivity contribution is 0.652. The number of hydrogen-bond acceptors (Lipinski definition) is 2. The van der Waals surface area contributed by atoms with Gasteiger partial charge in [-0.3, -0.25) is 0 Å². The van der Waals surface area contributed by atoms with Crippen molar-refractivity contribution in [3.63, 3.8) is 0 Å². The second-order valence-corrected chi connectivity index (χ2v) is 5.59. The Labute approximate surface area is 124 Å². The van der Waals surface area contributed by atoms with Crippen LogP contribution >= 0.6 is 11.6 Å². The summed E-state index contributed by atoms with van der Waals surface area (Å²) in [5.41, 5.74) is 4.79. The molecule has 2 aromatic rings. The second kappa shape index (κ2) is 5.81. The number of aryl methyl sites for hydroxylation is 1. The summed E-state index contributed by atoms with van der Waals surface area (Å²) in [4.78, 5) is 4.29. The molecule has 1 aliphatic rings. The lowest BCUT2D eigenvalue weighted by atomic mass is 10.1. The molecule has 4 heteroatoms. The lowest BCUT2D eigenvalue weighted by Crippen LogP contribution is -2.22. The van der Waals surface area contributed by atoms with Crippen molar-refractivity contribution >= 4 is 11.6 Å². The first-order valence-corrected chi connectivity index (χ1v) is 7.27. The van der Waals surface area contributed by atoms with Gasteiger partial charge in [0.1, 0.15) is 0 Å². The summed E-state index contributed by atoms with van der Waals surface area (Å²) in [6.07, 6.45) is 7.18. The Balaban J connectivity index is 1.89. The summed E-state index contributed by atoms with van der Waals surface area (Å²) in [6, 6.07) is 6.17. The Kier molecular flexibility index (Phi) is 3.90. The first-order chi connectivity index (χ1) is 9.74. The van der Waals surface area contributed by atoms with E-state index >= 15 is 0 Å². The largest absolute Gasteiger partial charge is 0.326 e. The van der Waals surface area contributed by atoms with Crippen molar-refractivity contribution in [1.82, 2.24) is 14.9 Å². The van der Waals surface area contributed by atoms with Gasteiger partial charge in [-0.25, -0.2) is 4.98 Å². The van der Waals surface area contributed by atoms with Gasteiger partial charge in [-0.05, 0) is 31.5 Å². The van der Waals surface area contributed by atoms with Gasteiger partial charge in [0, 0.05) is 23.7 Å². The van der Waals surface area contributed by atoms with E-state index in [0.29, 0.717) is 0 Å². The molecule has 20 heavy (non-hydrogen) atoms. The zero-order chi connectivity index (χ0) is 13.9. The van der Waals surface area contributed by atoms with Gasteiger partial charge in [-0.15, -0.1) is 0 Å². The molecule has 1 aliphatic heterocycles. The maximum absolute atomic E-state index is 6.23. The van der Waals surface area contributed by atoms with E-state index in [9.17, 15) is 0 Å². The average Bonchev–Trinajstić information content (AvgIpc) is 2.91. The molecule has 0 unspecified atom stereocenters. The average molecular weight is 288 g/mol. The number of benzene rings is 1. The maximum Gasteiger partial charge on any atom is 0.0954 e. The molecule has 2 heterocycles. The van der Waals surface area contributed by atoms with Gasteiger partial charge in [0.05, 0.1) is 18.2 Å². The molecule has 0 spiro atoms. The van der Waals surface area contributed by atoms with Gasteiger partial charge in [-0.2, -0.15) is 0 Å². The van der Waals surface area contributed by atoms with Crippen LogP contribution in [0.1, 0.15) is 12.0 Å². The highest BCUT2D eigenvalue weighted by atomic mass is 35.5. The topological polar surface area (TPSA) is 29.9 Å². The molecular weight excluding hydrogens is 270 g/mol. The van der Waals surface area contributed by atoms with Crippen LogP contribution in [0.4, 0.5) is 0 Å². The Morgan fingerprint density at radius 2 is 2.30 bits per heavy atom. The Hall–Kier alpha value is -1.58. The van der Waals surface area contributed by atoms with Crippen molar-refractivity contribution in [2.45, 2.75) is 19.9 Å². The summed E-state index contributed by atoms with van der Waals surface area (Å²) in [6.45, 7) is 4.95. The van der Waals surface area contributed by atoms with E-state index < -0.39 is 0 Å². The van der Waals surface area contributed by atoms with E-state index in [-0.39, 0.29) is 0 Å². The summed E-state index contributed by atoms with van der Waals surface area (Å²) in [7, 11) is 0. The predicted molar refractivity (Wildman–Crippen MR) is 83.0 cm³/mol. The van der Waals surface area contributed by atoms with Gasteiger partial charge in [0.25, 0.3) is 0 Å². The monoisotopic (exact) mass is 287 g/mol. The van der Waals surface area contributed by atoms with Gasteiger partial charge in [0.2, 0.25) is 0 Å². The molecule has 0 radical (unpaired) electrons. The third-order valence-electron chi connectivity index (χ3n) is 3.71. The molecule has 0 saturated heterocycles. The second-order valence-electron chi connectivity index (χ2n) is 5.19. The highest BCUT2D eigenvalue weighted by molar-refractivity contribution is 6.31. The van der Waals surface area contributed by atoms with Crippen LogP contribution in [0.25, 0.3) is 11.3 Å². The Bertz CT molecular complexity index is 643. The molecule has 0 amide bonds. The van der Waals surface area contributed by atoms with E-state index in [2.05, 4.69) is 33.1 Å². The zero-order valence-corrected chi connectivity index (χ0v) is 12.3. The highest BCUT2D eigenvalue weighted by Gasteiger charge is 2.09. The molecule has 104 valence electrons. The van der Waals surface area contributed by atoms with Crippen molar-refractivity contribution in [1.29, 1.82) is 0 Å². The molecule has 0 saturated carbocycles. The number of nitrogens with zero attached hydrogens (tertiary/aromatic N) is 2. The molecule has 3 rings (SSSR count). The van der Waals surface area contributed by atoms with Crippen LogP contribution in [0.3, 0.4) is 0 Å². The smallest absolute Gasteiger partial charge is 0.0954 e. The number of hydrogen-bond donors (Lipinski definition) is 1. The minimum absolute atomic E-state index is 0.802. The number of nitrogens with one attached hydrogen (secondary N) is 1. The van der Waals surface area contributed by atoms with E-state index in [4.69, 9.17) is 11.6 Å². The minimum atomic E-state index is 0.802. The summed E-state index contributed by atoms with van der Waals surface area (Å²) < 4.78 is 2.19. The molecule has 0 fully saturated rings. The third kappa shape index (κ3) is 2.79. The fraction of sp³-hybridized carbons (Fsp3) is 0.312. The zero-order valence-electron chi connectivity index (χ0n) is 11.6. The van der Waals surface area contributed by atoms with E-state index in [1.54, 1.807) is 0 Å². The van der Waals surface area contributed by atoms with Gasteiger partial charge >= 0.3 is 0 Å². The quantitative estimate of drug-likeness (QED) is 0.877. The number of halogens is 1. The van der Waals surface area contributed by atoms with Crippen LogP contribution < -0.4 is 5.32 Å². The van der Waals surface area contributed by atoms with Crippen molar-refractivity contribution in [3.8, 4) is 11.3 Å². The fourth-order valence-electron chi connectivity index (χ4n) is 2.47. The molecule has 0 bridgehead atoms. The first kappa shape index (κ1) is 13.4. The third-order valence-corrected chi connectivity index (χ3v) is 4.12. The van der Waals surface area contributed by atoms with Crippen molar-refractivity contribution < 1.29 is 0 Å². The van der Waals surface area contributed by atoms with Crippen LogP contribution in [0.2, 0.25) is 5.02 Å². The van der Waals surface area contributed by atoms with Crippen LogP contribution in [-0.4, -0.2) is 22.6 Å². The Morgan fingerprint density at radius 1 is 1.40 bits per heavy atom. The van der Waals surface area contributed by atoms with Crippen molar-refractivity contribution in [2.75, 3.05) is 13.1 Å². The van der Waals surface area contributed by atoms with Gasteiger partial charge in [-0.1, -0.05) is 35.4 Å².